The van der Waals surface area contributed by atoms with Crippen LogP contribution < -0.4 is 32.3 Å². The number of amides is 5. The van der Waals surface area contributed by atoms with Crippen LogP contribution in [-0.4, -0.2) is 162 Å². The van der Waals surface area contributed by atoms with Gasteiger partial charge in [-0.05, 0) is 439 Å². The van der Waals surface area contributed by atoms with Crippen molar-refractivity contribution in [2.24, 2.45) is 53.1 Å². The van der Waals surface area contributed by atoms with Crippen molar-refractivity contribution < 1.29 is 79.2 Å². The number of rotatable bonds is 27. The fourth-order valence-corrected chi connectivity index (χ4v) is 18.6. The standard InChI is InChI=1S/C31H34F2N2O3.2C28H30F2N2O.C26H26F2N2O.3CH4O.CH4.2ClH/c1-31(2,3)38-30(37)35-19-21-5-4-20(14-21)18-34-29(36)26-16-24(22-6-10-27(32)11-7-22)15-25(17-26)23-8-12-28(33)13-9-23;2*1-32(2)18-20-4-3-19(13-20)17-31-28(33)25-15-23(21-5-9-26(29)10-6-21)14-24(16-25)22-7-11-27(30)12-8-22;27-24-7-3-19(4-8-24)21-12-22(20-5-9-25(28)10-6-20)14-23(13-21)26(31)30-16-18-2-1-17(11-18)15-29;3*1-2;;;/h6-13,15-17,20-21H,4-5,14,18-19H2,1-3H3,(H,34,36)(H,35,37);2*5-12,14-16,19-20H,3-4,13,17-18H2,1-2H3,(H,31,33);3-10,12-14,17-18H,1-2,11,15-16,29H2,(H,30,31);3*2H,1H3;1H4;2*1H/t20-,21-;2*19-,20-;17-,18-;;;;;;/m0000....../s1. The van der Waals surface area contributed by atoms with Gasteiger partial charge in [-0.15, -0.1) is 24.8 Å². The van der Waals surface area contributed by atoms with Gasteiger partial charge in [-0.2, -0.15) is 0 Å². The van der Waals surface area contributed by atoms with Gasteiger partial charge in [0, 0.05) is 89.4 Å². The Morgan fingerprint density at radius 1 is 0.278 bits per heavy atom. The van der Waals surface area contributed by atoms with Crippen LogP contribution in [0.1, 0.15) is 147 Å². The summed E-state index contributed by atoms with van der Waals surface area (Å²) in [6.45, 7) is 11.4. The van der Waals surface area contributed by atoms with Crippen LogP contribution in [0.15, 0.2) is 267 Å². The molecule has 4 aliphatic rings. The Labute approximate surface area is 855 Å². The van der Waals surface area contributed by atoms with Crippen molar-refractivity contribution in [1.82, 2.24) is 36.4 Å². The summed E-state index contributed by atoms with van der Waals surface area (Å²) in [4.78, 5) is 68.8. The number of hydrogen-bond donors (Lipinski definition) is 9. The summed E-state index contributed by atoms with van der Waals surface area (Å²) in [5, 5.41) is 36.2. The number of nitrogens with one attached hydrogen (secondary N) is 5. The highest BCUT2D eigenvalue weighted by Gasteiger charge is 2.31. The van der Waals surface area contributed by atoms with Crippen LogP contribution in [0.4, 0.5) is 39.9 Å². The number of aliphatic hydroxyl groups excluding tert-OH is 3. The first-order valence-electron chi connectivity index (χ1n) is 47.9. The van der Waals surface area contributed by atoms with Gasteiger partial charge in [0.2, 0.25) is 0 Å². The molecule has 0 aliphatic heterocycles. The predicted molar refractivity (Wildman–Crippen MR) is 568 cm³/mol. The summed E-state index contributed by atoms with van der Waals surface area (Å²) >= 11 is 0. The molecule has 4 saturated carbocycles. The van der Waals surface area contributed by atoms with Gasteiger partial charge >= 0.3 is 6.09 Å². The summed E-state index contributed by atoms with van der Waals surface area (Å²) in [5.74, 6) is 0.891. The number of carbonyl (C=O) groups is 5. The van der Waals surface area contributed by atoms with Gasteiger partial charge in [0.25, 0.3) is 23.6 Å². The lowest BCUT2D eigenvalue weighted by molar-refractivity contribution is 0.0518. The first-order valence-corrected chi connectivity index (χ1v) is 47.9. The first-order chi connectivity index (χ1) is 67.8. The maximum Gasteiger partial charge on any atom is 0.407 e. The van der Waals surface area contributed by atoms with Crippen molar-refractivity contribution in [3.63, 3.8) is 0 Å². The van der Waals surface area contributed by atoms with Gasteiger partial charge in [0.15, 0.2) is 0 Å². The van der Waals surface area contributed by atoms with Crippen LogP contribution in [0, 0.1) is 93.9 Å². The van der Waals surface area contributed by atoms with Gasteiger partial charge in [-0.25, -0.2) is 39.9 Å². The van der Waals surface area contributed by atoms with Crippen LogP contribution in [0.25, 0.3) is 89.0 Å². The molecule has 0 bridgehead atoms. The van der Waals surface area contributed by atoms with Crippen LogP contribution >= 0.6 is 24.8 Å². The number of ether oxygens (including phenoxy) is 1. The Morgan fingerprint density at radius 2 is 0.438 bits per heavy atom. The summed E-state index contributed by atoms with van der Waals surface area (Å²) in [5.41, 5.74) is 20.2. The molecule has 12 aromatic rings. The van der Waals surface area contributed by atoms with Gasteiger partial charge in [0.05, 0.1) is 0 Å². The minimum Gasteiger partial charge on any atom is -0.444 e. The van der Waals surface area contributed by atoms with Crippen LogP contribution in [-0.2, 0) is 4.74 Å². The summed E-state index contributed by atoms with van der Waals surface area (Å²) in [7, 11) is 11.4. The molecule has 16 rings (SSSR count). The second-order valence-corrected chi connectivity index (χ2v) is 37.9. The normalized spacial score (nSPS) is 16.8. The molecule has 27 heteroatoms. The van der Waals surface area contributed by atoms with E-state index in [0.717, 1.165) is 188 Å². The zero-order chi connectivity index (χ0) is 102. The smallest absolute Gasteiger partial charge is 0.407 e. The van der Waals surface area contributed by atoms with E-state index in [9.17, 15) is 59.1 Å². The molecule has 0 heterocycles. The second-order valence-electron chi connectivity index (χ2n) is 37.9. The molecule has 0 radical (unpaired) electrons. The molecule has 12 aromatic carbocycles. The number of nitrogens with zero attached hydrogens (tertiary/aromatic N) is 2. The van der Waals surface area contributed by atoms with E-state index in [2.05, 4.69) is 64.6 Å². The molecule has 4 fully saturated rings. The van der Waals surface area contributed by atoms with E-state index in [1.807, 2.05) is 81.4 Å². The van der Waals surface area contributed by atoms with Gasteiger partial charge in [-0.3, -0.25) is 19.2 Å². The first kappa shape index (κ1) is 119. The largest absolute Gasteiger partial charge is 0.444 e. The van der Waals surface area contributed by atoms with Gasteiger partial charge in [-0.1, -0.05) is 104 Å². The minimum absolute atomic E-state index is 0. The van der Waals surface area contributed by atoms with Crippen LogP contribution in [0.2, 0.25) is 0 Å². The molecule has 4 aliphatic carbocycles. The molecular formula is C117H138Cl2F8N8O9. The van der Waals surface area contributed by atoms with E-state index >= 15 is 0 Å². The average molecular weight is 2020 g/mol. The average Bonchev–Trinajstić information content (AvgIpc) is 1.13. The third-order valence-electron chi connectivity index (χ3n) is 25.5. The molecule has 770 valence electrons. The molecule has 8 atom stereocenters. The van der Waals surface area contributed by atoms with Gasteiger partial charge in [0.1, 0.15) is 52.1 Å². The van der Waals surface area contributed by atoms with Crippen molar-refractivity contribution in [2.45, 2.75) is 111 Å². The zero-order valence-electron chi connectivity index (χ0n) is 82.8. The lowest BCUT2D eigenvalue weighted by Gasteiger charge is -2.20. The number of aliphatic hydroxyl groups is 3. The van der Waals surface area contributed by atoms with Crippen molar-refractivity contribution >= 4 is 54.5 Å². The number of nitrogens with two attached hydrogens (primary N) is 1. The van der Waals surface area contributed by atoms with Crippen molar-refractivity contribution in [3.8, 4) is 89.0 Å². The Morgan fingerprint density at radius 3 is 0.604 bits per heavy atom. The summed E-state index contributed by atoms with van der Waals surface area (Å²) < 4.78 is 113. The molecule has 144 heavy (non-hydrogen) atoms. The Hall–Kier alpha value is -12.4. The van der Waals surface area contributed by atoms with Crippen LogP contribution in [0.3, 0.4) is 0 Å². The number of carbonyl (C=O) groups excluding carboxylic acids is 5. The zero-order valence-corrected chi connectivity index (χ0v) is 84.4. The minimum atomic E-state index is -0.531. The number of halogens is 10. The fraction of sp³-hybridized carbons (Fsp3) is 0.342. The predicted octanol–water partition coefficient (Wildman–Crippen LogP) is 24.7. The maximum atomic E-state index is 13.5. The molecular weight excluding hydrogens is 1880 g/mol. The third kappa shape index (κ3) is 37.3. The van der Waals surface area contributed by atoms with E-state index in [4.69, 9.17) is 25.8 Å². The van der Waals surface area contributed by atoms with E-state index in [-0.39, 0.29) is 102 Å². The Balaban J connectivity index is 0.000000255. The van der Waals surface area contributed by atoms with Gasteiger partial charge < -0.3 is 62.2 Å². The topological polar surface area (TPSA) is 248 Å². The van der Waals surface area contributed by atoms with E-state index in [1.165, 1.54) is 110 Å². The number of alkyl carbamates (subject to hydrolysis) is 1. The number of benzene rings is 12. The third-order valence-corrected chi connectivity index (χ3v) is 25.5. The number of hydrogen-bond acceptors (Lipinski definition) is 12. The highest BCUT2D eigenvalue weighted by molar-refractivity contribution is 6.00. The van der Waals surface area contributed by atoms with Crippen LogP contribution in [0.5, 0.6) is 0 Å². The summed E-state index contributed by atoms with van der Waals surface area (Å²) in [6, 6.07) is 71.7. The fourth-order valence-electron chi connectivity index (χ4n) is 18.6. The Bertz CT molecular complexity index is 5560. The second kappa shape index (κ2) is 59.1. The van der Waals surface area contributed by atoms with Crippen molar-refractivity contribution in [2.75, 3.05) is 102 Å². The quantitative estimate of drug-likeness (QED) is 0.0218. The molecule has 0 aromatic heterocycles. The monoisotopic (exact) mass is 2020 g/mol. The lowest BCUT2D eigenvalue weighted by atomic mass is 9.95. The maximum absolute atomic E-state index is 13.5. The highest BCUT2D eigenvalue weighted by Crippen LogP contribution is 2.39. The van der Waals surface area contributed by atoms with E-state index in [0.29, 0.717) is 109 Å². The van der Waals surface area contributed by atoms with E-state index < -0.39 is 11.7 Å². The lowest BCUT2D eigenvalue weighted by Crippen LogP contribution is -2.35. The van der Waals surface area contributed by atoms with Crippen molar-refractivity contribution in [3.05, 3.63) is 336 Å². The SMILES string of the molecule is C.CC(C)(C)OC(=O)NC[C@H]1CC[C@H](CNC(=O)c2cc(-c3ccc(F)cc3)cc(-c3ccc(F)cc3)c2)C1.CN(C)C[C@H]1CC[C@H](CNC(=O)c2cc(-c3ccc(F)cc3)cc(-c3ccc(F)cc3)c2)C1.CN(C)C[C@H]1CC[C@H](CNC(=O)c2cc(-c3ccc(F)cc3)cc(-c3ccc(F)cc3)c2)C1.CO.CO.CO.Cl.Cl.NC[C@H]1CC[C@H](CNC(=O)c2cc(-c3ccc(F)cc3)cc(-c3ccc(F)cc3)c2)C1. The Kier molecular flexibility index (Phi) is 48.7. The molecule has 5 amide bonds. The van der Waals surface area contributed by atoms with E-state index in [1.54, 1.807) is 109 Å². The molecule has 0 spiro atoms. The highest BCUT2D eigenvalue weighted by atomic mass is 35.5. The molecule has 10 N–H and O–H groups in total. The van der Waals surface area contributed by atoms with Crippen molar-refractivity contribution in [1.29, 1.82) is 0 Å². The molecule has 17 nitrogen and oxygen atoms in total. The molecule has 0 saturated heterocycles. The molecule has 0 unspecified atom stereocenters. The summed E-state index contributed by atoms with van der Waals surface area (Å²) in [6.07, 6.45) is 12.6.